The van der Waals surface area contributed by atoms with Gasteiger partial charge in [-0.15, -0.1) is 0 Å². The van der Waals surface area contributed by atoms with Crippen molar-refractivity contribution in [3.05, 3.63) is 51.4 Å². The fourth-order valence-corrected chi connectivity index (χ4v) is 4.68. The van der Waals surface area contributed by atoms with Crippen LogP contribution in [0.2, 0.25) is 5.15 Å². The lowest BCUT2D eigenvalue weighted by Gasteiger charge is -2.38. The van der Waals surface area contributed by atoms with Crippen molar-refractivity contribution < 1.29 is 23.9 Å². The van der Waals surface area contributed by atoms with Crippen molar-refractivity contribution >= 4 is 51.9 Å². The Morgan fingerprint density at radius 3 is 2.44 bits per heavy atom. The fraction of sp³-hybridized carbons (Fsp3) is 0.364. The molecule has 3 aromatic rings. The van der Waals surface area contributed by atoms with Crippen LogP contribution in [0.25, 0.3) is 11.2 Å². The average molecular weight is 506 g/mol. The number of Topliss-reactive ketones (excluding diaryl/α,β-unsaturated/α-hetero) is 1. The van der Waals surface area contributed by atoms with Crippen molar-refractivity contribution in [2.75, 3.05) is 27.2 Å². The molecule has 0 radical (unpaired) electrons. The molecule has 12 heteroatoms. The van der Waals surface area contributed by atoms with Gasteiger partial charge in [0.15, 0.2) is 16.5 Å². The molecule has 1 aliphatic heterocycles. The van der Waals surface area contributed by atoms with Crippen LogP contribution in [0.15, 0.2) is 24.3 Å². The third kappa shape index (κ3) is 4.77. The number of likely N-dealkylation sites (N-methyl/N-ethyl adjacent to an activating group) is 1. The van der Waals surface area contributed by atoms with Crippen LogP contribution in [0.4, 0.5) is 4.39 Å². The van der Waals surface area contributed by atoms with Crippen molar-refractivity contribution in [1.82, 2.24) is 24.1 Å². The highest BCUT2D eigenvalue weighted by Crippen LogP contribution is 2.29. The number of likely N-dealkylation sites (tertiary alicyclic amines) is 1. The Morgan fingerprint density at radius 2 is 1.82 bits per heavy atom. The van der Waals surface area contributed by atoms with Gasteiger partial charge >= 0.3 is 0 Å². The molecule has 1 fully saturated rings. The van der Waals surface area contributed by atoms with Crippen LogP contribution < -0.4 is 0 Å². The van der Waals surface area contributed by atoms with Crippen LogP contribution >= 0.6 is 23.1 Å². The van der Waals surface area contributed by atoms with Gasteiger partial charge in [0, 0.05) is 33.6 Å². The summed E-state index contributed by atoms with van der Waals surface area (Å²) in [6.45, 7) is 0.499. The molecular formula is C22H21ClFN5O4S. The normalized spacial score (nSPS) is 15.4. The molecular weight excluding hydrogens is 485 g/mol. The minimum atomic E-state index is -1.03. The number of hydrogen-bond donors (Lipinski definition) is 1. The largest absolute Gasteiger partial charge is 0.389 e. The lowest BCUT2D eigenvalue weighted by molar-refractivity contribution is -0.124. The van der Waals surface area contributed by atoms with E-state index in [0.717, 1.165) is 22.0 Å². The highest BCUT2D eigenvalue weighted by atomic mass is 35.5. The van der Waals surface area contributed by atoms with Gasteiger partial charge in [0.1, 0.15) is 16.2 Å². The molecule has 0 saturated carbocycles. The van der Waals surface area contributed by atoms with Crippen molar-refractivity contribution in [2.24, 2.45) is 0 Å². The van der Waals surface area contributed by atoms with E-state index < -0.39 is 23.2 Å². The molecule has 34 heavy (non-hydrogen) atoms. The number of aromatic nitrogens is 3. The monoisotopic (exact) mass is 505 g/mol. The summed E-state index contributed by atoms with van der Waals surface area (Å²) >= 11 is 6.97. The minimum absolute atomic E-state index is 0.0146. The van der Waals surface area contributed by atoms with E-state index in [4.69, 9.17) is 11.6 Å². The van der Waals surface area contributed by atoms with E-state index in [1.807, 2.05) is 0 Å². The molecule has 0 spiro atoms. The second-order valence-electron chi connectivity index (χ2n) is 8.40. The highest BCUT2D eigenvalue weighted by molar-refractivity contribution is 7.10. The van der Waals surface area contributed by atoms with Crippen LogP contribution in [0.3, 0.4) is 0 Å². The van der Waals surface area contributed by atoms with E-state index in [-0.39, 0.29) is 45.8 Å². The number of halogens is 2. The standard InChI is InChI=1S/C22H21ClFN5O4S/c1-28(2)21(32)16(30)17-14-19(27-34-17)26-18(23)15(25-14)20(31)29-9-7-22(33,8-10-29)11-12-3-5-13(24)6-4-12/h3-6,33H,7-11H2,1-2H3. The molecule has 1 aliphatic rings. The van der Waals surface area contributed by atoms with E-state index in [9.17, 15) is 23.9 Å². The summed E-state index contributed by atoms with van der Waals surface area (Å²) in [7, 11) is 2.91. The number of piperidine rings is 1. The van der Waals surface area contributed by atoms with Crippen LogP contribution in [0.1, 0.15) is 38.6 Å². The number of nitrogens with zero attached hydrogens (tertiary/aromatic N) is 5. The first-order chi connectivity index (χ1) is 16.1. The molecule has 3 heterocycles. The molecule has 178 valence electrons. The van der Waals surface area contributed by atoms with Gasteiger partial charge in [0.05, 0.1) is 5.60 Å². The van der Waals surface area contributed by atoms with Crippen LogP contribution in [0, 0.1) is 5.82 Å². The molecule has 1 aromatic carbocycles. The number of fused-ring (bicyclic) bond motifs is 1. The number of carbonyl (C=O) groups is 3. The Bertz CT molecular complexity index is 1270. The first-order valence-corrected chi connectivity index (χ1v) is 11.6. The zero-order chi connectivity index (χ0) is 24.6. The number of benzene rings is 1. The summed E-state index contributed by atoms with van der Waals surface area (Å²) in [6.07, 6.45) is 0.961. The van der Waals surface area contributed by atoms with Crippen molar-refractivity contribution in [1.29, 1.82) is 0 Å². The Labute approximate surface area is 203 Å². The van der Waals surface area contributed by atoms with Crippen molar-refractivity contribution in [2.45, 2.75) is 24.9 Å². The first kappa shape index (κ1) is 24.1. The molecule has 9 nitrogen and oxygen atoms in total. The van der Waals surface area contributed by atoms with E-state index in [1.54, 1.807) is 12.1 Å². The summed E-state index contributed by atoms with van der Waals surface area (Å²) in [5.41, 5.74) is -0.254. The molecule has 0 unspecified atom stereocenters. The van der Waals surface area contributed by atoms with E-state index >= 15 is 0 Å². The Hall–Kier alpha value is -3.02. The number of hydrogen-bond acceptors (Lipinski definition) is 8. The van der Waals surface area contributed by atoms with E-state index in [0.29, 0.717) is 19.3 Å². The summed E-state index contributed by atoms with van der Waals surface area (Å²) in [5.74, 6) is -2.38. The van der Waals surface area contributed by atoms with Gasteiger partial charge in [0.2, 0.25) is 0 Å². The van der Waals surface area contributed by atoms with Gasteiger partial charge in [0.25, 0.3) is 17.6 Å². The summed E-state index contributed by atoms with van der Waals surface area (Å²) in [4.78, 5) is 48.7. The number of amides is 2. The second kappa shape index (κ2) is 9.32. The van der Waals surface area contributed by atoms with Gasteiger partial charge in [-0.25, -0.2) is 14.4 Å². The average Bonchev–Trinajstić information content (AvgIpc) is 3.21. The maximum atomic E-state index is 13.2. The summed E-state index contributed by atoms with van der Waals surface area (Å²) in [5, 5.41) is 10.8. The maximum absolute atomic E-state index is 13.2. The van der Waals surface area contributed by atoms with Gasteiger partial charge in [-0.2, -0.15) is 4.37 Å². The van der Waals surface area contributed by atoms with Crippen LogP contribution in [-0.2, 0) is 11.2 Å². The quantitative estimate of drug-likeness (QED) is 0.418. The third-order valence-electron chi connectivity index (χ3n) is 5.71. The smallest absolute Gasteiger partial charge is 0.295 e. The molecule has 0 atom stereocenters. The molecule has 2 amide bonds. The zero-order valence-electron chi connectivity index (χ0n) is 18.4. The topological polar surface area (TPSA) is 117 Å². The number of aliphatic hydroxyl groups is 1. The Morgan fingerprint density at radius 1 is 1.18 bits per heavy atom. The minimum Gasteiger partial charge on any atom is -0.389 e. The van der Waals surface area contributed by atoms with Crippen LogP contribution in [-0.4, -0.2) is 79.6 Å². The van der Waals surface area contributed by atoms with Gasteiger partial charge in [-0.1, -0.05) is 23.7 Å². The fourth-order valence-electron chi connectivity index (χ4n) is 3.77. The summed E-state index contributed by atoms with van der Waals surface area (Å²) in [6, 6.07) is 5.95. The van der Waals surface area contributed by atoms with Crippen molar-refractivity contribution in [3.63, 3.8) is 0 Å². The second-order valence-corrected chi connectivity index (χ2v) is 9.53. The van der Waals surface area contributed by atoms with Gasteiger partial charge < -0.3 is 14.9 Å². The molecule has 2 aromatic heterocycles. The highest BCUT2D eigenvalue weighted by Gasteiger charge is 2.36. The number of carbonyl (C=O) groups excluding carboxylic acids is 3. The summed E-state index contributed by atoms with van der Waals surface area (Å²) < 4.78 is 17.2. The van der Waals surface area contributed by atoms with E-state index in [1.165, 1.54) is 31.1 Å². The zero-order valence-corrected chi connectivity index (χ0v) is 20.0. The van der Waals surface area contributed by atoms with Crippen molar-refractivity contribution in [3.8, 4) is 0 Å². The predicted molar refractivity (Wildman–Crippen MR) is 123 cm³/mol. The molecule has 1 N–H and O–H groups in total. The lowest BCUT2D eigenvalue weighted by Crippen LogP contribution is -2.48. The predicted octanol–water partition coefficient (Wildman–Crippen LogP) is 2.36. The van der Waals surface area contributed by atoms with E-state index in [2.05, 4.69) is 14.3 Å². The van der Waals surface area contributed by atoms with Gasteiger partial charge in [-0.3, -0.25) is 14.4 Å². The Kier molecular flexibility index (Phi) is 6.61. The number of ketones is 1. The first-order valence-electron chi connectivity index (χ1n) is 10.4. The molecule has 0 bridgehead atoms. The third-order valence-corrected chi connectivity index (χ3v) is 6.80. The number of rotatable bonds is 5. The Balaban J connectivity index is 1.52. The van der Waals surface area contributed by atoms with Gasteiger partial charge in [-0.05, 0) is 42.1 Å². The molecule has 4 rings (SSSR count). The SMILES string of the molecule is CN(C)C(=O)C(=O)c1snc2nc(Cl)c(C(=O)N3CCC(O)(Cc4ccc(F)cc4)CC3)nc12. The molecule has 1 saturated heterocycles. The van der Waals surface area contributed by atoms with Crippen LogP contribution in [0.5, 0.6) is 0 Å². The molecule has 0 aliphatic carbocycles. The lowest BCUT2D eigenvalue weighted by atomic mass is 9.85. The maximum Gasteiger partial charge on any atom is 0.295 e.